The first-order chi connectivity index (χ1) is 9.10. The number of thioether (sulfide) groups is 1. The molecule has 0 aliphatic rings. The smallest absolute Gasteiger partial charge is 0.256 e. The van der Waals surface area contributed by atoms with Crippen molar-refractivity contribution in [3.05, 3.63) is 46.8 Å². The van der Waals surface area contributed by atoms with Crippen LogP contribution in [0.3, 0.4) is 0 Å². The molecule has 0 amide bonds. The first kappa shape index (κ1) is 13.5. The van der Waals surface area contributed by atoms with Crippen LogP contribution < -0.4 is 5.73 Å². The maximum Gasteiger partial charge on any atom is 0.256 e. The molecule has 100 valence electrons. The van der Waals surface area contributed by atoms with Gasteiger partial charge in [0.2, 0.25) is 0 Å². The lowest BCUT2D eigenvalue weighted by Gasteiger charge is -2.06. The SMILES string of the molecule is Cc1coc(SCc2ccc(/C(N)=N/O)cc2C)n1. The third-order valence-electron chi connectivity index (χ3n) is 2.70. The lowest BCUT2D eigenvalue weighted by molar-refractivity contribution is 0.318. The van der Waals surface area contributed by atoms with Gasteiger partial charge in [-0.05, 0) is 31.0 Å². The molecule has 0 atom stereocenters. The minimum atomic E-state index is 0.116. The third kappa shape index (κ3) is 3.29. The second kappa shape index (κ2) is 5.79. The number of oxime groups is 1. The van der Waals surface area contributed by atoms with E-state index in [0.717, 1.165) is 22.6 Å². The first-order valence-electron chi connectivity index (χ1n) is 5.72. The van der Waals surface area contributed by atoms with Crippen molar-refractivity contribution < 1.29 is 9.62 Å². The van der Waals surface area contributed by atoms with Gasteiger partial charge < -0.3 is 15.4 Å². The third-order valence-corrected chi connectivity index (χ3v) is 3.58. The Morgan fingerprint density at radius 3 is 2.84 bits per heavy atom. The molecule has 0 fully saturated rings. The van der Waals surface area contributed by atoms with E-state index in [9.17, 15) is 0 Å². The summed E-state index contributed by atoms with van der Waals surface area (Å²) in [4.78, 5) is 4.24. The zero-order valence-electron chi connectivity index (χ0n) is 10.8. The molecule has 0 aliphatic carbocycles. The minimum Gasteiger partial charge on any atom is -0.440 e. The molecule has 0 spiro atoms. The second-order valence-corrected chi connectivity index (χ2v) is 5.10. The van der Waals surface area contributed by atoms with Crippen molar-refractivity contribution in [1.29, 1.82) is 0 Å². The molecule has 2 aromatic rings. The van der Waals surface area contributed by atoms with Gasteiger partial charge in [0.25, 0.3) is 5.22 Å². The van der Waals surface area contributed by atoms with Crippen LogP contribution in [0.5, 0.6) is 0 Å². The number of rotatable bonds is 4. The molecule has 2 rings (SSSR count). The molecule has 1 heterocycles. The summed E-state index contributed by atoms with van der Waals surface area (Å²) in [5.41, 5.74) is 9.38. The molecule has 6 heteroatoms. The summed E-state index contributed by atoms with van der Waals surface area (Å²) in [5.74, 6) is 0.882. The Morgan fingerprint density at radius 2 is 2.26 bits per heavy atom. The molecule has 1 aromatic carbocycles. The average molecular weight is 277 g/mol. The van der Waals surface area contributed by atoms with Crippen molar-refractivity contribution in [3.8, 4) is 0 Å². The minimum absolute atomic E-state index is 0.116. The highest BCUT2D eigenvalue weighted by Gasteiger charge is 2.06. The zero-order chi connectivity index (χ0) is 13.8. The average Bonchev–Trinajstić information content (AvgIpc) is 2.82. The number of oxazole rings is 1. The van der Waals surface area contributed by atoms with Crippen molar-refractivity contribution in [2.45, 2.75) is 24.8 Å². The van der Waals surface area contributed by atoms with E-state index >= 15 is 0 Å². The van der Waals surface area contributed by atoms with E-state index < -0.39 is 0 Å². The van der Waals surface area contributed by atoms with Gasteiger partial charge in [-0.15, -0.1) is 0 Å². The molecule has 0 saturated heterocycles. The number of amidine groups is 1. The van der Waals surface area contributed by atoms with Gasteiger partial charge in [0.15, 0.2) is 5.84 Å². The Labute approximate surface area is 115 Å². The van der Waals surface area contributed by atoms with Crippen molar-refractivity contribution in [2.75, 3.05) is 0 Å². The second-order valence-electron chi connectivity index (χ2n) is 4.17. The van der Waals surface area contributed by atoms with E-state index in [0.29, 0.717) is 10.8 Å². The van der Waals surface area contributed by atoms with Crippen molar-refractivity contribution in [1.82, 2.24) is 4.98 Å². The molecule has 3 N–H and O–H groups in total. The van der Waals surface area contributed by atoms with Gasteiger partial charge in [0, 0.05) is 11.3 Å². The van der Waals surface area contributed by atoms with Crippen LogP contribution in [-0.4, -0.2) is 16.0 Å². The van der Waals surface area contributed by atoms with Gasteiger partial charge in [-0.2, -0.15) is 0 Å². The number of aryl methyl sites for hydroxylation is 2. The molecule has 5 nitrogen and oxygen atoms in total. The Balaban J connectivity index is 2.09. The normalized spacial score (nSPS) is 11.8. The standard InChI is InChI=1S/C13H15N3O2S/c1-8-5-10(12(14)16-17)3-4-11(8)7-19-13-15-9(2)6-18-13/h3-6,17H,7H2,1-2H3,(H2,14,16). The number of hydrogen-bond donors (Lipinski definition) is 2. The maximum atomic E-state index is 8.64. The van der Waals surface area contributed by atoms with Crippen molar-refractivity contribution in [3.63, 3.8) is 0 Å². The van der Waals surface area contributed by atoms with Gasteiger partial charge in [-0.25, -0.2) is 4.98 Å². The first-order valence-corrected chi connectivity index (χ1v) is 6.71. The van der Waals surface area contributed by atoms with Crippen LogP contribution in [0.15, 0.2) is 39.3 Å². The Bertz CT molecular complexity index is 608. The fourth-order valence-corrected chi connectivity index (χ4v) is 2.54. The number of benzene rings is 1. The summed E-state index contributed by atoms with van der Waals surface area (Å²) in [6, 6.07) is 5.69. The van der Waals surface area contributed by atoms with E-state index in [1.54, 1.807) is 6.26 Å². The van der Waals surface area contributed by atoms with Crippen LogP contribution in [0.4, 0.5) is 0 Å². The van der Waals surface area contributed by atoms with Crippen LogP contribution in [0.2, 0.25) is 0 Å². The van der Waals surface area contributed by atoms with E-state index in [-0.39, 0.29) is 5.84 Å². The monoisotopic (exact) mass is 277 g/mol. The van der Waals surface area contributed by atoms with Gasteiger partial charge in [0.1, 0.15) is 6.26 Å². The maximum absolute atomic E-state index is 8.64. The number of nitrogens with zero attached hydrogens (tertiary/aromatic N) is 2. The summed E-state index contributed by atoms with van der Waals surface area (Å²) >= 11 is 1.54. The summed E-state index contributed by atoms with van der Waals surface area (Å²) in [7, 11) is 0. The molecule has 0 bridgehead atoms. The van der Waals surface area contributed by atoms with Crippen LogP contribution in [0, 0.1) is 13.8 Å². The number of nitrogens with two attached hydrogens (primary N) is 1. The fraction of sp³-hybridized carbons (Fsp3) is 0.231. The summed E-state index contributed by atoms with van der Waals surface area (Å²) in [5, 5.41) is 12.3. The Hall–Kier alpha value is -1.95. The molecule has 1 aromatic heterocycles. The molecule has 0 unspecified atom stereocenters. The largest absolute Gasteiger partial charge is 0.440 e. The van der Waals surface area contributed by atoms with Crippen LogP contribution in [0.25, 0.3) is 0 Å². The lowest BCUT2D eigenvalue weighted by atomic mass is 10.1. The van der Waals surface area contributed by atoms with Crippen LogP contribution in [-0.2, 0) is 5.75 Å². The van der Waals surface area contributed by atoms with Gasteiger partial charge in [-0.1, -0.05) is 29.1 Å². The molecule has 0 radical (unpaired) electrons. The van der Waals surface area contributed by atoms with Gasteiger partial charge in [-0.3, -0.25) is 0 Å². The number of aromatic nitrogens is 1. The van der Waals surface area contributed by atoms with Crippen molar-refractivity contribution in [2.24, 2.45) is 10.9 Å². The van der Waals surface area contributed by atoms with Crippen LogP contribution in [0.1, 0.15) is 22.4 Å². The van der Waals surface area contributed by atoms with E-state index in [1.165, 1.54) is 11.8 Å². The number of hydrogen-bond acceptors (Lipinski definition) is 5. The van der Waals surface area contributed by atoms with E-state index in [1.807, 2.05) is 32.0 Å². The molecule has 19 heavy (non-hydrogen) atoms. The van der Waals surface area contributed by atoms with E-state index in [4.69, 9.17) is 15.4 Å². The molecule has 0 aliphatic heterocycles. The van der Waals surface area contributed by atoms with Crippen LogP contribution >= 0.6 is 11.8 Å². The fourth-order valence-electron chi connectivity index (χ4n) is 1.61. The molecule has 0 saturated carbocycles. The quantitative estimate of drug-likeness (QED) is 0.295. The Kier molecular flexibility index (Phi) is 4.11. The van der Waals surface area contributed by atoms with Gasteiger partial charge in [0.05, 0.1) is 5.69 Å². The topological polar surface area (TPSA) is 84.6 Å². The predicted octanol–water partition coefficient (Wildman–Crippen LogP) is 2.68. The summed E-state index contributed by atoms with van der Waals surface area (Å²) in [6.45, 7) is 3.88. The Morgan fingerprint density at radius 1 is 1.47 bits per heavy atom. The highest BCUT2D eigenvalue weighted by Crippen LogP contribution is 2.24. The van der Waals surface area contributed by atoms with E-state index in [2.05, 4.69) is 10.1 Å². The summed E-state index contributed by atoms with van der Waals surface area (Å²) < 4.78 is 5.28. The van der Waals surface area contributed by atoms with Gasteiger partial charge >= 0.3 is 0 Å². The zero-order valence-corrected chi connectivity index (χ0v) is 11.6. The van der Waals surface area contributed by atoms with Crippen molar-refractivity contribution >= 4 is 17.6 Å². The lowest BCUT2D eigenvalue weighted by Crippen LogP contribution is -2.13. The highest BCUT2D eigenvalue weighted by atomic mass is 32.2. The highest BCUT2D eigenvalue weighted by molar-refractivity contribution is 7.98. The predicted molar refractivity (Wildman–Crippen MR) is 74.5 cm³/mol. The molecular formula is C13H15N3O2S. The summed E-state index contributed by atoms with van der Waals surface area (Å²) in [6.07, 6.45) is 1.64. The molecular weight excluding hydrogens is 262 g/mol.